The minimum atomic E-state index is -3.20. The standard InChI is InChI=1S/C14H25N3O3S/c1-3-4-10-21(19,20)17-8-5-6-12(11-17)13(18)14-15-7-9-16(14)2/h7,9,12-13,18H,3-6,8,10-11H2,1-2H3. The molecule has 1 fully saturated rings. The molecule has 2 unspecified atom stereocenters. The van der Waals surface area contributed by atoms with Crippen LogP contribution in [-0.4, -0.2) is 46.2 Å². The van der Waals surface area contributed by atoms with E-state index in [1.54, 1.807) is 21.3 Å². The topological polar surface area (TPSA) is 75.4 Å². The van der Waals surface area contributed by atoms with E-state index in [9.17, 15) is 13.5 Å². The third kappa shape index (κ3) is 3.84. The number of piperidine rings is 1. The van der Waals surface area contributed by atoms with Crippen LogP contribution in [-0.2, 0) is 17.1 Å². The van der Waals surface area contributed by atoms with E-state index in [1.807, 2.05) is 14.0 Å². The number of aryl methyl sites for hydroxylation is 1. The number of imidazole rings is 1. The molecule has 0 radical (unpaired) electrons. The normalized spacial score (nSPS) is 22.3. The molecule has 0 saturated carbocycles. The Balaban J connectivity index is 2.05. The van der Waals surface area contributed by atoms with Gasteiger partial charge >= 0.3 is 0 Å². The summed E-state index contributed by atoms with van der Waals surface area (Å²) in [5.74, 6) is 0.721. The number of sulfonamides is 1. The lowest BCUT2D eigenvalue weighted by atomic mass is 9.93. The quantitative estimate of drug-likeness (QED) is 0.858. The number of aliphatic hydroxyl groups excluding tert-OH is 1. The zero-order valence-corrected chi connectivity index (χ0v) is 13.6. The first kappa shape index (κ1) is 16.5. The number of nitrogens with zero attached hydrogens (tertiary/aromatic N) is 3. The third-order valence-corrected chi connectivity index (χ3v) is 6.06. The summed E-state index contributed by atoms with van der Waals surface area (Å²) >= 11 is 0. The molecule has 6 nitrogen and oxygen atoms in total. The van der Waals surface area contributed by atoms with Gasteiger partial charge in [-0.05, 0) is 19.3 Å². The molecule has 0 aromatic carbocycles. The fraction of sp³-hybridized carbons (Fsp3) is 0.786. The Labute approximate surface area is 126 Å². The second kappa shape index (κ2) is 6.89. The van der Waals surface area contributed by atoms with Crippen molar-refractivity contribution in [2.45, 2.75) is 38.7 Å². The SMILES string of the molecule is CCCCS(=O)(=O)N1CCCC(C(O)c2nccn2C)C1. The summed E-state index contributed by atoms with van der Waals surface area (Å²) in [7, 11) is -1.36. The average molecular weight is 315 g/mol. The number of unbranched alkanes of at least 4 members (excludes halogenated alkanes) is 1. The van der Waals surface area contributed by atoms with E-state index in [1.165, 1.54) is 0 Å². The van der Waals surface area contributed by atoms with Gasteiger partial charge in [0.05, 0.1) is 5.75 Å². The van der Waals surface area contributed by atoms with Gasteiger partial charge in [-0.1, -0.05) is 13.3 Å². The molecule has 1 saturated heterocycles. The van der Waals surface area contributed by atoms with Crippen molar-refractivity contribution in [1.82, 2.24) is 13.9 Å². The Bertz CT molecular complexity index is 556. The van der Waals surface area contributed by atoms with Crippen molar-refractivity contribution >= 4 is 10.0 Å². The van der Waals surface area contributed by atoms with Crippen LogP contribution in [0.25, 0.3) is 0 Å². The van der Waals surface area contributed by atoms with Crippen LogP contribution < -0.4 is 0 Å². The molecule has 1 aromatic rings. The largest absolute Gasteiger partial charge is 0.385 e. The molecule has 0 spiro atoms. The van der Waals surface area contributed by atoms with E-state index in [0.29, 0.717) is 25.3 Å². The minimum absolute atomic E-state index is 0.0868. The molecule has 1 aromatic heterocycles. The van der Waals surface area contributed by atoms with Crippen molar-refractivity contribution in [3.63, 3.8) is 0 Å². The lowest BCUT2D eigenvalue weighted by molar-refractivity contribution is 0.0645. The van der Waals surface area contributed by atoms with Gasteiger partial charge in [0.15, 0.2) is 0 Å². The number of rotatable bonds is 6. The molecular formula is C14H25N3O3S. The van der Waals surface area contributed by atoms with Crippen molar-refractivity contribution in [3.8, 4) is 0 Å². The number of hydrogen-bond donors (Lipinski definition) is 1. The summed E-state index contributed by atoms with van der Waals surface area (Å²) in [4.78, 5) is 4.17. The Morgan fingerprint density at radius 1 is 1.52 bits per heavy atom. The van der Waals surface area contributed by atoms with Gasteiger partial charge in [0.2, 0.25) is 10.0 Å². The maximum Gasteiger partial charge on any atom is 0.214 e. The highest BCUT2D eigenvalue weighted by atomic mass is 32.2. The first-order chi connectivity index (χ1) is 9.95. The van der Waals surface area contributed by atoms with Gasteiger partial charge in [0.25, 0.3) is 0 Å². The van der Waals surface area contributed by atoms with Crippen molar-refractivity contribution in [2.24, 2.45) is 13.0 Å². The first-order valence-electron chi connectivity index (χ1n) is 7.59. The molecular weight excluding hydrogens is 290 g/mol. The van der Waals surface area contributed by atoms with Gasteiger partial charge in [-0.3, -0.25) is 0 Å². The van der Waals surface area contributed by atoms with E-state index in [0.717, 1.165) is 19.3 Å². The zero-order chi connectivity index (χ0) is 15.5. The van der Waals surface area contributed by atoms with E-state index in [-0.39, 0.29) is 11.7 Å². The van der Waals surface area contributed by atoms with E-state index >= 15 is 0 Å². The summed E-state index contributed by atoms with van der Waals surface area (Å²) in [6.07, 6.45) is 5.89. The fourth-order valence-electron chi connectivity index (χ4n) is 2.81. The number of hydrogen-bond acceptors (Lipinski definition) is 4. The van der Waals surface area contributed by atoms with Crippen molar-refractivity contribution in [3.05, 3.63) is 18.2 Å². The van der Waals surface area contributed by atoms with Crippen LogP contribution in [0.15, 0.2) is 12.4 Å². The molecule has 7 heteroatoms. The van der Waals surface area contributed by atoms with Crippen LogP contribution in [0.3, 0.4) is 0 Å². The molecule has 0 aliphatic carbocycles. The predicted molar refractivity (Wildman–Crippen MR) is 81.2 cm³/mol. The van der Waals surface area contributed by atoms with Crippen molar-refractivity contribution in [1.29, 1.82) is 0 Å². The van der Waals surface area contributed by atoms with E-state index in [4.69, 9.17) is 0 Å². The van der Waals surface area contributed by atoms with Gasteiger partial charge < -0.3 is 9.67 Å². The van der Waals surface area contributed by atoms with Crippen molar-refractivity contribution in [2.75, 3.05) is 18.8 Å². The van der Waals surface area contributed by atoms with Crippen LogP contribution in [0.5, 0.6) is 0 Å². The molecule has 1 aliphatic heterocycles. The van der Waals surface area contributed by atoms with Crippen LogP contribution in [0.2, 0.25) is 0 Å². The molecule has 21 heavy (non-hydrogen) atoms. The molecule has 2 rings (SSSR count). The highest BCUT2D eigenvalue weighted by molar-refractivity contribution is 7.89. The molecule has 0 amide bonds. The molecule has 1 aliphatic rings. The summed E-state index contributed by atoms with van der Waals surface area (Å²) in [5.41, 5.74) is 0. The van der Waals surface area contributed by atoms with Crippen LogP contribution >= 0.6 is 0 Å². The van der Waals surface area contributed by atoms with E-state index in [2.05, 4.69) is 4.98 Å². The van der Waals surface area contributed by atoms with Crippen LogP contribution in [0, 0.1) is 5.92 Å². The third-order valence-electron chi connectivity index (χ3n) is 4.14. The molecule has 1 N–H and O–H groups in total. The van der Waals surface area contributed by atoms with Gasteiger partial charge in [0, 0.05) is 38.4 Å². The van der Waals surface area contributed by atoms with Gasteiger partial charge in [-0.25, -0.2) is 17.7 Å². The second-order valence-electron chi connectivity index (χ2n) is 5.77. The lowest BCUT2D eigenvalue weighted by Gasteiger charge is -2.34. The Kier molecular flexibility index (Phi) is 5.40. The maximum absolute atomic E-state index is 12.3. The summed E-state index contributed by atoms with van der Waals surface area (Å²) in [5, 5.41) is 10.5. The fourth-order valence-corrected chi connectivity index (χ4v) is 4.55. The molecule has 2 heterocycles. The summed E-state index contributed by atoms with van der Waals surface area (Å²) in [6, 6.07) is 0. The highest BCUT2D eigenvalue weighted by Crippen LogP contribution is 2.30. The lowest BCUT2D eigenvalue weighted by Crippen LogP contribution is -2.42. The van der Waals surface area contributed by atoms with Gasteiger partial charge in [0.1, 0.15) is 11.9 Å². The maximum atomic E-state index is 12.3. The summed E-state index contributed by atoms with van der Waals surface area (Å²) < 4.78 is 27.9. The van der Waals surface area contributed by atoms with Gasteiger partial charge in [-0.2, -0.15) is 0 Å². The highest BCUT2D eigenvalue weighted by Gasteiger charge is 2.33. The smallest absolute Gasteiger partial charge is 0.214 e. The van der Waals surface area contributed by atoms with Gasteiger partial charge in [-0.15, -0.1) is 0 Å². The first-order valence-corrected chi connectivity index (χ1v) is 9.19. The second-order valence-corrected chi connectivity index (χ2v) is 7.86. The van der Waals surface area contributed by atoms with Crippen LogP contribution in [0.1, 0.15) is 44.5 Å². The zero-order valence-electron chi connectivity index (χ0n) is 12.8. The predicted octanol–water partition coefficient (Wildman–Crippen LogP) is 1.30. The summed E-state index contributed by atoms with van der Waals surface area (Å²) in [6.45, 7) is 2.94. The number of aliphatic hydroxyl groups is 1. The Hall–Kier alpha value is -0.920. The number of aromatic nitrogens is 2. The van der Waals surface area contributed by atoms with Crippen LogP contribution in [0.4, 0.5) is 0 Å². The minimum Gasteiger partial charge on any atom is -0.385 e. The van der Waals surface area contributed by atoms with E-state index < -0.39 is 16.1 Å². The Morgan fingerprint density at radius 3 is 2.90 bits per heavy atom. The monoisotopic (exact) mass is 315 g/mol. The molecule has 2 atom stereocenters. The molecule has 0 bridgehead atoms. The Morgan fingerprint density at radius 2 is 2.29 bits per heavy atom. The van der Waals surface area contributed by atoms with Crippen molar-refractivity contribution < 1.29 is 13.5 Å². The molecule has 120 valence electrons. The average Bonchev–Trinajstić information content (AvgIpc) is 2.90.